The Morgan fingerprint density at radius 1 is 0.228 bits per heavy atom. The predicted octanol–water partition coefficient (Wildman–Crippen LogP) is 15.1. The normalized spacial score (nSPS) is 12.3. The van der Waals surface area contributed by atoms with Gasteiger partial charge < -0.3 is 9.13 Å². The van der Waals surface area contributed by atoms with E-state index in [2.05, 4.69) is 204 Å². The lowest BCUT2D eigenvalue weighted by molar-refractivity contribution is 1.18. The Morgan fingerprint density at radius 2 is 0.561 bits per heavy atom. The summed E-state index contributed by atoms with van der Waals surface area (Å²) in [5.74, 6) is 0. The van der Waals surface area contributed by atoms with E-state index in [0.29, 0.717) is 0 Å². The molecule has 11 aromatic carbocycles. The zero-order valence-corrected chi connectivity index (χ0v) is 31.3. The molecule has 0 aliphatic heterocycles. The van der Waals surface area contributed by atoms with Crippen molar-refractivity contribution in [1.82, 2.24) is 9.13 Å². The lowest BCUT2D eigenvalue weighted by Crippen LogP contribution is -1.94. The van der Waals surface area contributed by atoms with Gasteiger partial charge in [-0.25, -0.2) is 0 Å². The fourth-order valence-electron chi connectivity index (χ4n) is 10.2. The van der Waals surface area contributed by atoms with E-state index in [4.69, 9.17) is 0 Å². The lowest BCUT2D eigenvalue weighted by Gasteiger charge is -2.17. The second kappa shape index (κ2) is 11.3. The number of rotatable bonds is 2. The molecule has 0 radical (unpaired) electrons. The maximum absolute atomic E-state index is 2.51. The number of aryl methyl sites for hydroxylation is 1. The molecule has 2 heteroatoms. The molecule has 0 N–H and O–H groups in total. The lowest BCUT2D eigenvalue weighted by atomic mass is 9.87. The fourth-order valence-corrected chi connectivity index (χ4v) is 10.2. The molecule has 264 valence electrons. The average Bonchev–Trinajstić information content (AvgIpc) is 3.77. The molecule has 0 saturated carbocycles. The third-order valence-electron chi connectivity index (χ3n) is 12.7. The largest absolute Gasteiger partial charge is 0.309 e. The number of nitrogens with zero attached hydrogens (tertiary/aromatic N) is 2. The van der Waals surface area contributed by atoms with Gasteiger partial charge in [0.25, 0.3) is 0 Å². The van der Waals surface area contributed by atoms with E-state index in [0.717, 1.165) is 0 Å². The Bertz CT molecular complexity index is 3850. The van der Waals surface area contributed by atoms with Gasteiger partial charge in [-0.3, -0.25) is 0 Å². The maximum Gasteiger partial charge on any atom is 0.0547 e. The Labute approximate surface area is 328 Å². The van der Waals surface area contributed by atoms with Crippen LogP contribution < -0.4 is 0 Å². The van der Waals surface area contributed by atoms with Crippen LogP contribution in [0.1, 0.15) is 5.56 Å². The van der Waals surface area contributed by atoms with E-state index in [1.54, 1.807) is 0 Å². The Kier molecular flexibility index (Phi) is 6.13. The highest BCUT2D eigenvalue weighted by atomic mass is 15.0. The molecule has 2 aromatic heterocycles. The minimum absolute atomic E-state index is 1.17. The van der Waals surface area contributed by atoms with Gasteiger partial charge in [0.2, 0.25) is 0 Å². The zero-order valence-electron chi connectivity index (χ0n) is 31.3. The number of fused-ring (bicyclic) bond motifs is 18. The first-order valence-electron chi connectivity index (χ1n) is 19.8. The quantitative estimate of drug-likeness (QED) is 0.124. The molecule has 2 heterocycles. The summed E-state index contributed by atoms with van der Waals surface area (Å²) in [5, 5.41) is 20.5. The van der Waals surface area contributed by atoms with Crippen LogP contribution >= 0.6 is 0 Å². The van der Waals surface area contributed by atoms with Crippen molar-refractivity contribution in [1.29, 1.82) is 0 Å². The van der Waals surface area contributed by atoms with Gasteiger partial charge in [-0.1, -0.05) is 121 Å². The third kappa shape index (κ3) is 4.19. The topological polar surface area (TPSA) is 9.86 Å². The number of aromatic nitrogens is 2. The van der Waals surface area contributed by atoms with E-state index < -0.39 is 0 Å². The Balaban J connectivity index is 1.22. The van der Waals surface area contributed by atoms with Crippen LogP contribution in [0.4, 0.5) is 0 Å². The zero-order chi connectivity index (χ0) is 37.4. The summed E-state index contributed by atoms with van der Waals surface area (Å²) >= 11 is 0. The van der Waals surface area contributed by atoms with Crippen LogP contribution in [0.2, 0.25) is 0 Å². The first-order chi connectivity index (χ1) is 28.2. The molecule has 13 rings (SSSR count). The first-order valence-corrected chi connectivity index (χ1v) is 19.8. The van der Waals surface area contributed by atoms with Gasteiger partial charge in [-0.15, -0.1) is 0 Å². The molecule has 2 nitrogen and oxygen atoms in total. The van der Waals surface area contributed by atoms with Crippen LogP contribution in [0, 0.1) is 6.92 Å². The molecule has 0 bridgehead atoms. The summed E-state index contributed by atoms with van der Waals surface area (Å²) in [4.78, 5) is 0. The molecule has 0 amide bonds. The van der Waals surface area contributed by atoms with Crippen molar-refractivity contribution in [2.75, 3.05) is 0 Å². The van der Waals surface area contributed by atoms with Crippen molar-refractivity contribution in [2.24, 2.45) is 0 Å². The third-order valence-corrected chi connectivity index (χ3v) is 12.7. The van der Waals surface area contributed by atoms with Gasteiger partial charge in [0, 0.05) is 32.9 Å². The van der Waals surface area contributed by atoms with Crippen molar-refractivity contribution in [3.63, 3.8) is 0 Å². The molecule has 13 aromatic rings. The molecule has 0 aliphatic carbocycles. The average molecular weight is 723 g/mol. The van der Waals surface area contributed by atoms with Gasteiger partial charge in [-0.2, -0.15) is 0 Å². The van der Waals surface area contributed by atoms with Gasteiger partial charge >= 0.3 is 0 Å². The van der Waals surface area contributed by atoms with Gasteiger partial charge in [-0.05, 0) is 144 Å². The van der Waals surface area contributed by atoms with E-state index in [-0.39, 0.29) is 0 Å². The van der Waals surface area contributed by atoms with Crippen molar-refractivity contribution in [3.8, 4) is 11.4 Å². The molecule has 0 saturated heterocycles. The summed E-state index contributed by atoms with van der Waals surface area (Å²) < 4.78 is 4.87. The smallest absolute Gasteiger partial charge is 0.0547 e. The molecule has 0 spiro atoms. The minimum Gasteiger partial charge on any atom is -0.309 e. The molecular formula is C55H34N2. The second-order valence-corrected chi connectivity index (χ2v) is 15.7. The van der Waals surface area contributed by atoms with Crippen LogP contribution in [0.15, 0.2) is 188 Å². The van der Waals surface area contributed by atoms with Crippen LogP contribution in [-0.4, -0.2) is 9.13 Å². The predicted molar refractivity (Wildman–Crippen MR) is 245 cm³/mol. The minimum atomic E-state index is 1.17. The molecule has 0 unspecified atom stereocenters. The fraction of sp³-hybridized carbons (Fsp3) is 0.0182. The van der Waals surface area contributed by atoms with E-state index >= 15 is 0 Å². The summed E-state index contributed by atoms with van der Waals surface area (Å²) in [6.45, 7) is 2.22. The Morgan fingerprint density at radius 3 is 1.04 bits per heavy atom. The highest BCUT2D eigenvalue weighted by Gasteiger charge is 2.20. The number of hydrogen-bond acceptors (Lipinski definition) is 0. The summed E-state index contributed by atoms with van der Waals surface area (Å²) in [7, 11) is 0. The van der Waals surface area contributed by atoms with Crippen molar-refractivity contribution in [2.45, 2.75) is 6.92 Å². The molecular weight excluding hydrogens is 689 g/mol. The van der Waals surface area contributed by atoms with Crippen molar-refractivity contribution >= 4 is 108 Å². The SMILES string of the molecule is Cc1ccc2c(c1)c1cc3c(cc1c1cc4c5ccccc5n(-c5ccccc5)c4cc21)c1ccccc1c1cc2c(cc31)c1ccccc1n2-c1ccccc1. The molecule has 0 fully saturated rings. The van der Waals surface area contributed by atoms with E-state index in [9.17, 15) is 0 Å². The number of para-hydroxylation sites is 4. The first kappa shape index (κ1) is 30.9. The van der Waals surface area contributed by atoms with Crippen LogP contribution in [0.25, 0.3) is 120 Å². The standard InChI is InChI=1S/C55H34N2/c1-33-24-25-38-41(26-33)43-28-44-42(27-45(43)47-30-51-40-21-11-13-23-53(40)57(55(51)32-49(38)47)35-16-6-3-7-17-35)36-18-8-9-19-37(36)48-31-54-50(29-46(44)48)39-20-10-12-22-52(39)56(54)34-14-4-2-5-15-34/h2-32H,1H3. The van der Waals surface area contributed by atoms with E-state index in [1.807, 2.05) is 0 Å². The van der Waals surface area contributed by atoms with Gasteiger partial charge in [0.1, 0.15) is 0 Å². The maximum atomic E-state index is 2.51. The van der Waals surface area contributed by atoms with Crippen molar-refractivity contribution in [3.05, 3.63) is 194 Å². The van der Waals surface area contributed by atoms with Crippen LogP contribution in [-0.2, 0) is 0 Å². The van der Waals surface area contributed by atoms with E-state index in [1.165, 1.54) is 125 Å². The molecule has 57 heavy (non-hydrogen) atoms. The van der Waals surface area contributed by atoms with Crippen molar-refractivity contribution < 1.29 is 0 Å². The van der Waals surface area contributed by atoms with Gasteiger partial charge in [0.15, 0.2) is 0 Å². The van der Waals surface area contributed by atoms with Crippen LogP contribution in [0.5, 0.6) is 0 Å². The summed E-state index contributed by atoms with van der Waals surface area (Å²) in [5.41, 5.74) is 8.52. The number of benzene rings is 11. The van der Waals surface area contributed by atoms with Crippen LogP contribution in [0.3, 0.4) is 0 Å². The monoisotopic (exact) mass is 722 g/mol. The summed E-state index contributed by atoms with van der Waals surface area (Å²) in [6, 6.07) is 70.2. The molecule has 0 aliphatic rings. The second-order valence-electron chi connectivity index (χ2n) is 15.7. The Hall–Kier alpha value is -7.42. The van der Waals surface area contributed by atoms with Gasteiger partial charge in [0.05, 0.1) is 22.1 Å². The molecule has 0 atom stereocenters. The highest BCUT2D eigenvalue weighted by molar-refractivity contribution is 6.35. The highest BCUT2D eigenvalue weighted by Crippen LogP contribution is 2.46. The summed E-state index contributed by atoms with van der Waals surface area (Å²) in [6.07, 6.45) is 0. The number of hydrogen-bond donors (Lipinski definition) is 0.